The minimum Gasteiger partial charge on any atom is -0.756 e. The number of hydrogen-bond acceptors (Lipinski definition) is 6. The molecule has 3 atom stereocenters. The van der Waals surface area contributed by atoms with Crippen LogP contribution >= 0.6 is 7.82 Å². The molecule has 0 fully saturated rings. The lowest BCUT2D eigenvalue weighted by atomic mass is 10.0. The first-order valence-electron chi connectivity index (χ1n) is 28.2. The van der Waals surface area contributed by atoms with Crippen molar-refractivity contribution in [2.24, 2.45) is 0 Å². The largest absolute Gasteiger partial charge is 0.756 e. The van der Waals surface area contributed by atoms with Gasteiger partial charge in [-0.25, -0.2) is 0 Å². The first kappa shape index (κ1) is 67.2. The SMILES string of the molecule is CC/C=C\C/C=C\C/C=C\C/C=C\C/C=C\C/C=C\C/C=C\CCCCCCCC(=O)NC(COP(=O)([O-])OCC[N+](C)(C)C)C(O)/C=C/CC/C=C/CCCCCCCCCCCCCCCCC. The van der Waals surface area contributed by atoms with Crippen molar-refractivity contribution in [2.45, 2.75) is 231 Å². The predicted molar refractivity (Wildman–Crippen MR) is 302 cm³/mol. The Labute approximate surface area is 431 Å². The second kappa shape index (κ2) is 51.1. The Balaban J connectivity index is 4.37. The van der Waals surface area contributed by atoms with Gasteiger partial charge in [0.1, 0.15) is 13.2 Å². The van der Waals surface area contributed by atoms with Crippen LogP contribution in [0.4, 0.5) is 0 Å². The number of nitrogens with zero attached hydrogens (tertiary/aromatic N) is 1. The molecule has 9 heteroatoms. The van der Waals surface area contributed by atoms with E-state index in [-0.39, 0.29) is 12.5 Å². The molecule has 402 valence electrons. The van der Waals surface area contributed by atoms with E-state index in [0.717, 1.165) is 103 Å². The molecule has 0 aromatic rings. The fourth-order valence-electron chi connectivity index (χ4n) is 7.56. The summed E-state index contributed by atoms with van der Waals surface area (Å²) in [5, 5.41) is 13.8. The minimum atomic E-state index is -4.62. The van der Waals surface area contributed by atoms with E-state index in [4.69, 9.17) is 9.05 Å². The van der Waals surface area contributed by atoms with Crippen LogP contribution in [0.2, 0.25) is 0 Å². The van der Waals surface area contributed by atoms with Crippen molar-refractivity contribution in [3.63, 3.8) is 0 Å². The zero-order valence-corrected chi connectivity index (χ0v) is 46.6. The van der Waals surface area contributed by atoms with Crippen LogP contribution in [0.5, 0.6) is 0 Å². The molecule has 0 heterocycles. The molecule has 3 unspecified atom stereocenters. The number of likely N-dealkylation sites (N-methyl/N-ethyl adjacent to an activating group) is 1. The second-order valence-corrected chi connectivity index (χ2v) is 21.3. The summed E-state index contributed by atoms with van der Waals surface area (Å²) in [5.41, 5.74) is 0. The Hall–Kier alpha value is -2.84. The van der Waals surface area contributed by atoms with Crippen LogP contribution in [0.1, 0.15) is 219 Å². The van der Waals surface area contributed by atoms with Gasteiger partial charge in [0.05, 0.1) is 39.9 Å². The topological polar surface area (TPSA) is 108 Å². The number of nitrogens with one attached hydrogen (secondary N) is 1. The Morgan fingerprint density at radius 2 is 0.886 bits per heavy atom. The van der Waals surface area contributed by atoms with Crippen LogP contribution in [0, 0.1) is 0 Å². The summed E-state index contributed by atoms with van der Waals surface area (Å²) in [6.45, 7) is 4.49. The van der Waals surface area contributed by atoms with Gasteiger partial charge in [-0.1, -0.05) is 232 Å². The van der Waals surface area contributed by atoms with Gasteiger partial charge in [0, 0.05) is 6.42 Å². The number of aliphatic hydroxyl groups excluding tert-OH is 1. The number of aliphatic hydroxyl groups is 1. The number of hydrogen-bond donors (Lipinski definition) is 2. The molecule has 0 aromatic heterocycles. The fourth-order valence-corrected chi connectivity index (χ4v) is 8.28. The molecular formula is C61H107N2O6P. The normalized spacial score (nSPS) is 14.8. The van der Waals surface area contributed by atoms with E-state index in [0.29, 0.717) is 17.4 Å². The first-order valence-corrected chi connectivity index (χ1v) is 29.7. The lowest BCUT2D eigenvalue weighted by molar-refractivity contribution is -0.870. The molecule has 8 nitrogen and oxygen atoms in total. The highest BCUT2D eigenvalue weighted by molar-refractivity contribution is 7.45. The number of carbonyl (C=O) groups is 1. The number of rotatable bonds is 50. The molecule has 0 radical (unpaired) electrons. The number of allylic oxidation sites excluding steroid dienone is 17. The lowest BCUT2D eigenvalue weighted by Crippen LogP contribution is -2.45. The maximum Gasteiger partial charge on any atom is 0.268 e. The summed E-state index contributed by atoms with van der Waals surface area (Å²) < 4.78 is 23.3. The maximum atomic E-state index is 13.0. The van der Waals surface area contributed by atoms with E-state index in [1.54, 1.807) is 6.08 Å². The van der Waals surface area contributed by atoms with Crippen molar-refractivity contribution >= 4 is 13.7 Å². The molecule has 70 heavy (non-hydrogen) atoms. The molecule has 2 N–H and O–H groups in total. The molecular weight excluding hydrogens is 888 g/mol. The molecule has 0 spiro atoms. The highest BCUT2D eigenvalue weighted by Gasteiger charge is 2.23. The van der Waals surface area contributed by atoms with Crippen LogP contribution in [-0.4, -0.2) is 68.5 Å². The van der Waals surface area contributed by atoms with Gasteiger partial charge in [-0.3, -0.25) is 9.36 Å². The average molecular weight is 996 g/mol. The Morgan fingerprint density at radius 1 is 0.514 bits per heavy atom. The third-order valence-electron chi connectivity index (χ3n) is 12.0. The maximum absolute atomic E-state index is 13.0. The zero-order valence-electron chi connectivity index (χ0n) is 45.7. The van der Waals surface area contributed by atoms with Crippen LogP contribution in [0.25, 0.3) is 0 Å². The number of phosphoric ester groups is 1. The number of phosphoric acid groups is 1. The van der Waals surface area contributed by atoms with Gasteiger partial charge in [-0.2, -0.15) is 0 Å². The molecule has 1 amide bonds. The number of unbranched alkanes of at least 4 members (excludes halogenated alkanes) is 21. The van der Waals surface area contributed by atoms with Gasteiger partial charge in [0.2, 0.25) is 5.91 Å². The summed E-state index contributed by atoms with van der Waals surface area (Å²) in [5.74, 6) is -0.230. The minimum absolute atomic E-state index is 0.0165. The summed E-state index contributed by atoms with van der Waals surface area (Å²) in [6.07, 6.45) is 74.4. The van der Waals surface area contributed by atoms with Gasteiger partial charge in [0.15, 0.2) is 0 Å². The molecule has 0 saturated carbocycles. The van der Waals surface area contributed by atoms with Crippen molar-refractivity contribution in [2.75, 3.05) is 40.9 Å². The second-order valence-electron chi connectivity index (χ2n) is 19.9. The van der Waals surface area contributed by atoms with Crippen molar-refractivity contribution in [3.8, 4) is 0 Å². The highest BCUT2D eigenvalue weighted by Crippen LogP contribution is 2.38. The van der Waals surface area contributed by atoms with E-state index in [1.165, 1.54) is 96.3 Å². The van der Waals surface area contributed by atoms with Crippen LogP contribution in [0.3, 0.4) is 0 Å². The summed E-state index contributed by atoms with van der Waals surface area (Å²) in [7, 11) is 1.21. The molecule has 0 rings (SSSR count). The van der Waals surface area contributed by atoms with Crippen LogP contribution in [-0.2, 0) is 18.4 Å². The lowest BCUT2D eigenvalue weighted by Gasteiger charge is -2.29. The molecule has 0 aromatic carbocycles. The number of quaternary nitrogens is 1. The zero-order chi connectivity index (χ0) is 51.3. The van der Waals surface area contributed by atoms with Gasteiger partial charge in [-0.15, -0.1) is 0 Å². The van der Waals surface area contributed by atoms with Gasteiger partial charge in [-0.05, 0) is 89.9 Å². The molecule has 0 aliphatic carbocycles. The summed E-state index contributed by atoms with van der Waals surface area (Å²) in [6, 6.07) is -0.923. The van der Waals surface area contributed by atoms with Gasteiger partial charge < -0.3 is 28.8 Å². The molecule has 0 aliphatic heterocycles. The van der Waals surface area contributed by atoms with E-state index < -0.39 is 26.6 Å². The number of amides is 1. The predicted octanol–water partition coefficient (Wildman–Crippen LogP) is 16.6. The Kier molecular flexibility index (Phi) is 49.0. The third-order valence-corrected chi connectivity index (χ3v) is 12.9. The Bertz CT molecular complexity index is 1500. The molecule has 0 saturated heterocycles. The first-order chi connectivity index (χ1) is 34.0. The van der Waals surface area contributed by atoms with Crippen molar-refractivity contribution < 1.29 is 32.9 Å². The van der Waals surface area contributed by atoms with E-state index in [2.05, 4.69) is 116 Å². The standard InChI is InChI=1S/C61H107N2O6P/c1-6-8-10-12-14-16-18-20-22-24-26-28-29-30-31-32-33-35-37-39-41-43-45-47-49-51-53-55-61(65)62-59(58-69-70(66,67)68-57-56-63(3,4)5)60(64)54-52-50-48-46-44-42-40-38-36-34-27-25-23-21-19-17-15-13-11-9-7-2/h8,10,14,16,20,22,26,28,30-31,33,35,39,41,44,46,52,54,59-60,64H,6-7,9,11-13,15,17-19,21,23-25,27,29,32,34,36-38,40,42-43,45,47-51,53,55-58H2,1-5H3,(H-,62,65,66,67)/b10-8-,16-14-,22-20-,28-26-,31-30-,35-33-,41-39-,46-44+,54-52+. The average Bonchev–Trinajstić information content (AvgIpc) is 3.32. The van der Waals surface area contributed by atoms with Crippen molar-refractivity contribution in [3.05, 3.63) is 109 Å². The monoisotopic (exact) mass is 995 g/mol. The van der Waals surface area contributed by atoms with Crippen LogP contribution in [0.15, 0.2) is 109 Å². The van der Waals surface area contributed by atoms with Gasteiger partial charge in [0.25, 0.3) is 7.82 Å². The van der Waals surface area contributed by atoms with Gasteiger partial charge >= 0.3 is 0 Å². The van der Waals surface area contributed by atoms with E-state index in [1.807, 2.05) is 27.2 Å². The molecule has 0 aliphatic rings. The highest BCUT2D eigenvalue weighted by atomic mass is 31.2. The molecule has 0 bridgehead atoms. The summed E-state index contributed by atoms with van der Waals surface area (Å²) in [4.78, 5) is 25.5. The Morgan fingerprint density at radius 3 is 1.33 bits per heavy atom. The van der Waals surface area contributed by atoms with Crippen molar-refractivity contribution in [1.82, 2.24) is 5.32 Å². The quantitative estimate of drug-likeness (QED) is 0.0272. The van der Waals surface area contributed by atoms with Crippen LogP contribution < -0.4 is 10.2 Å². The summed E-state index contributed by atoms with van der Waals surface area (Å²) >= 11 is 0. The fraction of sp³-hybridized carbons (Fsp3) is 0.689. The smallest absolute Gasteiger partial charge is 0.268 e. The van der Waals surface area contributed by atoms with E-state index in [9.17, 15) is 19.4 Å². The van der Waals surface area contributed by atoms with Crippen molar-refractivity contribution in [1.29, 1.82) is 0 Å². The third kappa shape index (κ3) is 53.0. The van der Waals surface area contributed by atoms with E-state index >= 15 is 0 Å². The number of carbonyl (C=O) groups excluding carboxylic acids is 1.